The Morgan fingerprint density at radius 1 is 1.17 bits per heavy atom. The van der Waals surface area contributed by atoms with E-state index in [-0.39, 0.29) is 11.8 Å². The van der Waals surface area contributed by atoms with Gasteiger partial charge >= 0.3 is 0 Å². The number of carbonyl (C=O) groups excluding carboxylic acids is 2. The summed E-state index contributed by atoms with van der Waals surface area (Å²) in [5.74, 6) is 0.307. The lowest BCUT2D eigenvalue weighted by molar-refractivity contribution is -0.134. The molecule has 1 unspecified atom stereocenters. The zero-order valence-electron chi connectivity index (χ0n) is 13.4. The second kappa shape index (κ2) is 6.11. The molecule has 2 aliphatic rings. The summed E-state index contributed by atoms with van der Waals surface area (Å²) in [4.78, 5) is 26.9. The molecule has 3 heterocycles. The number of hydrogen-bond acceptors (Lipinski definition) is 3. The van der Waals surface area contributed by atoms with Gasteiger partial charge in [-0.2, -0.15) is 5.10 Å². The molecular weight excluding hydrogens is 304 g/mol. The summed E-state index contributed by atoms with van der Waals surface area (Å²) < 4.78 is 0. The number of benzene rings is 1. The third kappa shape index (κ3) is 2.68. The van der Waals surface area contributed by atoms with E-state index in [9.17, 15) is 9.59 Å². The van der Waals surface area contributed by atoms with E-state index in [0.717, 1.165) is 37.2 Å². The summed E-state index contributed by atoms with van der Waals surface area (Å²) in [5.41, 5.74) is 2.77. The molecule has 1 fully saturated rings. The monoisotopic (exact) mass is 324 g/mol. The lowest BCUT2D eigenvalue weighted by Crippen LogP contribution is -2.53. The van der Waals surface area contributed by atoms with Gasteiger partial charge < -0.3 is 10.2 Å². The maximum atomic E-state index is 12.8. The van der Waals surface area contributed by atoms with Crippen molar-refractivity contribution in [1.82, 2.24) is 20.4 Å². The zero-order valence-corrected chi connectivity index (χ0v) is 13.4. The molecule has 0 saturated carbocycles. The highest BCUT2D eigenvalue weighted by atomic mass is 16.2. The molecule has 0 spiro atoms. The fourth-order valence-electron chi connectivity index (χ4n) is 3.70. The van der Waals surface area contributed by atoms with Crippen LogP contribution in [0.4, 0.5) is 0 Å². The minimum absolute atomic E-state index is 0.0286. The minimum atomic E-state index is -0.448. The number of hydrogen-bond donors (Lipinski definition) is 2. The number of aromatic amines is 1. The number of likely N-dealkylation sites (tertiary alicyclic amines) is 1. The average Bonchev–Trinajstić information content (AvgIpc) is 3.16. The van der Waals surface area contributed by atoms with Crippen LogP contribution in [-0.2, 0) is 11.2 Å². The first kappa shape index (κ1) is 14.9. The number of rotatable bonds is 2. The molecule has 0 radical (unpaired) electrons. The normalized spacial score (nSPS) is 21.2. The molecule has 2 aromatic rings. The van der Waals surface area contributed by atoms with Crippen molar-refractivity contribution in [1.29, 1.82) is 0 Å². The summed E-state index contributed by atoms with van der Waals surface area (Å²) in [7, 11) is 0. The first-order valence-electron chi connectivity index (χ1n) is 8.39. The van der Waals surface area contributed by atoms with E-state index in [1.807, 2.05) is 29.2 Å². The van der Waals surface area contributed by atoms with Crippen molar-refractivity contribution in [3.63, 3.8) is 0 Å². The van der Waals surface area contributed by atoms with Gasteiger partial charge in [0.25, 0.3) is 5.91 Å². The SMILES string of the molecule is O=C1NC(C(=O)N2CCC(c3ccn[nH]3)CC2)Cc2ccccc21. The lowest BCUT2D eigenvalue weighted by atomic mass is 9.91. The molecular formula is C18H20N4O2. The lowest BCUT2D eigenvalue weighted by Gasteiger charge is -2.35. The Morgan fingerprint density at radius 3 is 2.71 bits per heavy atom. The standard InChI is InChI=1S/C18H20N4O2/c23-17-14-4-2-1-3-13(14)11-16(20-17)18(24)22-9-6-12(7-10-22)15-5-8-19-21-15/h1-5,8,12,16H,6-7,9-11H2,(H,19,21)(H,20,23). The van der Waals surface area contributed by atoms with Gasteiger partial charge in [0.05, 0.1) is 0 Å². The van der Waals surface area contributed by atoms with Crippen LogP contribution in [0, 0.1) is 0 Å². The molecule has 124 valence electrons. The van der Waals surface area contributed by atoms with Crippen LogP contribution < -0.4 is 5.32 Å². The van der Waals surface area contributed by atoms with E-state index in [0.29, 0.717) is 17.9 Å². The molecule has 2 aliphatic heterocycles. The number of H-pyrrole nitrogens is 1. The van der Waals surface area contributed by atoms with Crippen molar-refractivity contribution < 1.29 is 9.59 Å². The van der Waals surface area contributed by atoms with Crippen molar-refractivity contribution in [2.75, 3.05) is 13.1 Å². The van der Waals surface area contributed by atoms with Crippen molar-refractivity contribution in [3.05, 3.63) is 53.3 Å². The van der Waals surface area contributed by atoms with E-state index in [4.69, 9.17) is 0 Å². The van der Waals surface area contributed by atoms with Gasteiger partial charge in [-0.1, -0.05) is 18.2 Å². The molecule has 0 aliphatic carbocycles. The number of aromatic nitrogens is 2. The van der Waals surface area contributed by atoms with Crippen LogP contribution in [0.3, 0.4) is 0 Å². The average molecular weight is 324 g/mol. The van der Waals surface area contributed by atoms with Gasteiger partial charge in [-0.3, -0.25) is 14.7 Å². The molecule has 1 saturated heterocycles. The maximum absolute atomic E-state index is 12.8. The minimum Gasteiger partial charge on any atom is -0.341 e. The number of piperidine rings is 1. The summed E-state index contributed by atoms with van der Waals surface area (Å²) in [6.45, 7) is 1.44. The highest BCUT2D eigenvalue weighted by Crippen LogP contribution is 2.27. The van der Waals surface area contributed by atoms with Crippen LogP contribution in [0.15, 0.2) is 36.5 Å². The Kier molecular flexibility index (Phi) is 3.80. The van der Waals surface area contributed by atoms with E-state index in [1.54, 1.807) is 12.3 Å². The Bertz CT molecular complexity index is 748. The van der Waals surface area contributed by atoms with Crippen molar-refractivity contribution in [3.8, 4) is 0 Å². The van der Waals surface area contributed by atoms with E-state index in [2.05, 4.69) is 15.5 Å². The third-order valence-corrected chi connectivity index (χ3v) is 5.06. The molecule has 0 bridgehead atoms. The topological polar surface area (TPSA) is 78.1 Å². The third-order valence-electron chi connectivity index (χ3n) is 5.06. The molecule has 4 rings (SSSR count). The molecule has 6 nitrogen and oxygen atoms in total. The molecule has 1 aromatic heterocycles. The van der Waals surface area contributed by atoms with E-state index >= 15 is 0 Å². The van der Waals surface area contributed by atoms with E-state index in [1.165, 1.54) is 0 Å². The molecule has 2 N–H and O–H groups in total. The maximum Gasteiger partial charge on any atom is 0.252 e. The molecule has 6 heteroatoms. The van der Waals surface area contributed by atoms with Gasteiger partial charge in [0.2, 0.25) is 5.91 Å². The van der Waals surface area contributed by atoms with Crippen LogP contribution >= 0.6 is 0 Å². The molecule has 2 amide bonds. The van der Waals surface area contributed by atoms with Crippen LogP contribution in [0.2, 0.25) is 0 Å². The van der Waals surface area contributed by atoms with Crippen LogP contribution in [0.5, 0.6) is 0 Å². The van der Waals surface area contributed by atoms with Gasteiger partial charge in [-0.15, -0.1) is 0 Å². The number of amides is 2. The van der Waals surface area contributed by atoms with Gasteiger partial charge in [0, 0.05) is 42.9 Å². The fourth-order valence-corrected chi connectivity index (χ4v) is 3.70. The number of carbonyl (C=O) groups is 2. The Morgan fingerprint density at radius 2 is 1.96 bits per heavy atom. The smallest absolute Gasteiger partial charge is 0.252 e. The largest absolute Gasteiger partial charge is 0.341 e. The predicted molar refractivity (Wildman–Crippen MR) is 88.5 cm³/mol. The van der Waals surface area contributed by atoms with Crippen LogP contribution in [-0.4, -0.2) is 46.0 Å². The van der Waals surface area contributed by atoms with Crippen LogP contribution in [0.1, 0.15) is 40.4 Å². The molecule has 24 heavy (non-hydrogen) atoms. The highest BCUT2D eigenvalue weighted by molar-refractivity contribution is 6.00. The summed E-state index contributed by atoms with van der Waals surface area (Å²) in [6, 6.07) is 9.05. The van der Waals surface area contributed by atoms with Crippen molar-refractivity contribution in [2.24, 2.45) is 0 Å². The van der Waals surface area contributed by atoms with Crippen molar-refractivity contribution in [2.45, 2.75) is 31.2 Å². The van der Waals surface area contributed by atoms with Gasteiger partial charge in [0.15, 0.2) is 0 Å². The Balaban J connectivity index is 1.41. The first-order chi connectivity index (χ1) is 11.7. The van der Waals surface area contributed by atoms with Gasteiger partial charge in [-0.25, -0.2) is 0 Å². The first-order valence-corrected chi connectivity index (χ1v) is 8.39. The fraction of sp³-hybridized carbons (Fsp3) is 0.389. The number of fused-ring (bicyclic) bond motifs is 1. The zero-order chi connectivity index (χ0) is 16.5. The van der Waals surface area contributed by atoms with Crippen molar-refractivity contribution >= 4 is 11.8 Å². The second-order valence-electron chi connectivity index (χ2n) is 6.50. The number of nitrogens with one attached hydrogen (secondary N) is 2. The van der Waals surface area contributed by atoms with Crippen LogP contribution in [0.25, 0.3) is 0 Å². The quantitative estimate of drug-likeness (QED) is 0.878. The summed E-state index contributed by atoms with van der Waals surface area (Å²) in [6.07, 6.45) is 4.18. The summed E-state index contributed by atoms with van der Waals surface area (Å²) >= 11 is 0. The van der Waals surface area contributed by atoms with Gasteiger partial charge in [-0.05, 0) is 30.5 Å². The summed E-state index contributed by atoms with van der Waals surface area (Å²) in [5, 5.41) is 9.88. The molecule has 1 aromatic carbocycles. The Labute approximate surface area is 140 Å². The highest BCUT2D eigenvalue weighted by Gasteiger charge is 2.33. The number of nitrogens with zero attached hydrogens (tertiary/aromatic N) is 2. The second-order valence-corrected chi connectivity index (χ2v) is 6.50. The van der Waals surface area contributed by atoms with E-state index < -0.39 is 6.04 Å². The Hall–Kier alpha value is -2.63. The molecule has 1 atom stereocenters. The predicted octanol–water partition coefficient (Wildman–Crippen LogP) is 1.47. The van der Waals surface area contributed by atoms with Gasteiger partial charge in [0.1, 0.15) is 6.04 Å².